The van der Waals surface area contributed by atoms with Crippen molar-refractivity contribution in [3.8, 4) is 0 Å². The lowest BCUT2D eigenvalue weighted by molar-refractivity contribution is -0.122. The smallest absolute Gasteiger partial charge is 0.227 e. The van der Waals surface area contributed by atoms with E-state index in [1.165, 1.54) is 5.56 Å². The molecule has 0 spiro atoms. The van der Waals surface area contributed by atoms with E-state index in [2.05, 4.69) is 22.3 Å². The molecule has 0 unspecified atom stereocenters. The molecule has 3 N–H and O–H groups in total. The minimum atomic E-state index is -0.209. The summed E-state index contributed by atoms with van der Waals surface area (Å²) in [5, 5.41) is 4.46. The number of nitrogens with one attached hydrogen (secondary N) is 1. The number of hydrogen-bond acceptors (Lipinski definition) is 5. The Morgan fingerprint density at radius 1 is 1.04 bits per heavy atom. The average Bonchev–Trinajstić information content (AvgIpc) is 2.72. The zero-order chi connectivity index (χ0) is 18.6. The highest BCUT2D eigenvalue weighted by Crippen LogP contribution is 2.26. The lowest BCUT2D eigenvalue weighted by Crippen LogP contribution is -2.39. The number of benzene rings is 2. The van der Waals surface area contributed by atoms with Crippen molar-refractivity contribution in [2.24, 2.45) is 11.7 Å². The number of hydrogen-bond donors (Lipinski definition) is 2. The number of piperidine rings is 1. The zero-order valence-electron chi connectivity index (χ0n) is 15.1. The zero-order valence-corrected chi connectivity index (χ0v) is 15.1. The Morgan fingerprint density at radius 2 is 1.74 bits per heavy atom. The van der Waals surface area contributed by atoms with E-state index in [9.17, 15) is 4.79 Å². The summed E-state index contributed by atoms with van der Waals surface area (Å²) in [5.41, 5.74) is 7.56. The van der Waals surface area contributed by atoms with Crippen molar-refractivity contribution in [2.75, 3.05) is 23.3 Å². The first-order valence-electron chi connectivity index (χ1n) is 9.29. The van der Waals surface area contributed by atoms with Crippen molar-refractivity contribution in [1.29, 1.82) is 0 Å². The van der Waals surface area contributed by atoms with Gasteiger partial charge in [0, 0.05) is 30.9 Å². The van der Waals surface area contributed by atoms with Crippen LogP contribution in [0.15, 0.2) is 54.6 Å². The molecule has 1 aliphatic rings. The van der Waals surface area contributed by atoms with Gasteiger partial charge in [-0.1, -0.05) is 42.5 Å². The fraction of sp³-hybridized carbons (Fsp3) is 0.286. The summed E-state index contributed by atoms with van der Waals surface area (Å²) in [4.78, 5) is 23.1. The molecule has 0 aliphatic carbocycles. The Labute approximate surface area is 158 Å². The van der Waals surface area contributed by atoms with E-state index in [1.54, 1.807) is 0 Å². The van der Waals surface area contributed by atoms with Gasteiger partial charge in [-0.15, -0.1) is 0 Å². The van der Waals surface area contributed by atoms with Crippen molar-refractivity contribution >= 4 is 28.6 Å². The SMILES string of the molecule is NC(=O)C1CCN(c2nc(NCc3ccccc3)c3ccccc3n2)CC1. The number of para-hydroxylation sites is 1. The maximum Gasteiger partial charge on any atom is 0.227 e. The standard InChI is InChI=1S/C21H23N5O/c22-19(27)16-10-12-26(13-11-16)21-24-18-9-5-4-8-17(18)20(25-21)23-14-15-6-2-1-3-7-15/h1-9,16H,10-14H2,(H2,22,27)(H,23,24,25). The first-order chi connectivity index (χ1) is 13.2. The molecule has 6 heteroatoms. The van der Waals surface area contributed by atoms with E-state index >= 15 is 0 Å². The molecule has 1 aliphatic heterocycles. The second-order valence-electron chi connectivity index (χ2n) is 6.89. The minimum absolute atomic E-state index is 0.0441. The summed E-state index contributed by atoms with van der Waals surface area (Å²) in [6.45, 7) is 2.18. The van der Waals surface area contributed by atoms with E-state index in [0.717, 1.165) is 42.7 Å². The fourth-order valence-electron chi connectivity index (χ4n) is 3.49. The number of primary amides is 1. The molecule has 3 aromatic rings. The van der Waals surface area contributed by atoms with E-state index in [4.69, 9.17) is 15.7 Å². The van der Waals surface area contributed by atoms with Gasteiger partial charge in [0.1, 0.15) is 5.82 Å². The topological polar surface area (TPSA) is 84.1 Å². The van der Waals surface area contributed by atoms with Crippen LogP contribution in [0.3, 0.4) is 0 Å². The fourth-order valence-corrected chi connectivity index (χ4v) is 3.49. The van der Waals surface area contributed by atoms with E-state index in [0.29, 0.717) is 12.5 Å². The Balaban J connectivity index is 1.60. The van der Waals surface area contributed by atoms with Gasteiger partial charge in [0.25, 0.3) is 0 Å². The van der Waals surface area contributed by atoms with Crippen LogP contribution in [0.1, 0.15) is 18.4 Å². The molecule has 0 saturated carbocycles. The van der Waals surface area contributed by atoms with Gasteiger partial charge >= 0.3 is 0 Å². The van der Waals surface area contributed by atoms with Gasteiger partial charge in [-0.3, -0.25) is 4.79 Å². The second kappa shape index (κ2) is 7.61. The van der Waals surface area contributed by atoms with Gasteiger partial charge in [-0.05, 0) is 30.5 Å². The molecular formula is C21H23N5O. The Morgan fingerprint density at radius 3 is 2.48 bits per heavy atom. The van der Waals surface area contributed by atoms with Gasteiger partial charge in [-0.25, -0.2) is 4.98 Å². The van der Waals surface area contributed by atoms with Gasteiger partial charge in [0.2, 0.25) is 11.9 Å². The summed E-state index contributed by atoms with van der Waals surface area (Å²) in [6, 6.07) is 18.3. The number of anilines is 2. The molecule has 1 saturated heterocycles. The summed E-state index contributed by atoms with van der Waals surface area (Å²) >= 11 is 0. The highest BCUT2D eigenvalue weighted by atomic mass is 16.1. The average molecular weight is 361 g/mol. The van der Waals surface area contributed by atoms with E-state index in [1.807, 2.05) is 42.5 Å². The first-order valence-corrected chi connectivity index (χ1v) is 9.29. The molecule has 1 fully saturated rings. The van der Waals surface area contributed by atoms with Crippen molar-refractivity contribution in [3.63, 3.8) is 0 Å². The molecule has 138 valence electrons. The number of carbonyl (C=O) groups excluding carboxylic acids is 1. The van der Waals surface area contributed by atoms with Gasteiger partial charge in [-0.2, -0.15) is 4.98 Å². The van der Waals surface area contributed by atoms with Crippen LogP contribution in [0.4, 0.5) is 11.8 Å². The molecular weight excluding hydrogens is 338 g/mol. The predicted octanol–water partition coefficient (Wildman–Crippen LogP) is 2.94. The number of nitrogens with two attached hydrogens (primary N) is 1. The summed E-state index contributed by atoms with van der Waals surface area (Å²) in [7, 11) is 0. The molecule has 2 heterocycles. The minimum Gasteiger partial charge on any atom is -0.369 e. The van der Waals surface area contributed by atoms with Crippen LogP contribution in [0, 0.1) is 5.92 Å². The van der Waals surface area contributed by atoms with Crippen molar-refractivity contribution in [1.82, 2.24) is 9.97 Å². The number of rotatable bonds is 5. The predicted molar refractivity (Wildman–Crippen MR) is 107 cm³/mol. The van der Waals surface area contributed by atoms with Gasteiger partial charge in [0.05, 0.1) is 5.52 Å². The third-order valence-electron chi connectivity index (χ3n) is 5.07. The highest BCUT2D eigenvalue weighted by Gasteiger charge is 2.25. The second-order valence-corrected chi connectivity index (χ2v) is 6.89. The normalized spacial score (nSPS) is 15.0. The molecule has 1 aromatic heterocycles. The quantitative estimate of drug-likeness (QED) is 0.730. The summed E-state index contributed by atoms with van der Waals surface area (Å²) in [6.07, 6.45) is 1.50. The van der Waals surface area contributed by atoms with E-state index < -0.39 is 0 Å². The number of aromatic nitrogens is 2. The van der Waals surface area contributed by atoms with Crippen molar-refractivity contribution < 1.29 is 4.79 Å². The Hall–Kier alpha value is -3.15. The largest absolute Gasteiger partial charge is 0.369 e. The monoisotopic (exact) mass is 361 g/mol. The van der Waals surface area contributed by atoms with Crippen molar-refractivity contribution in [3.05, 3.63) is 60.2 Å². The Kier molecular flexibility index (Phi) is 4.87. The van der Waals surface area contributed by atoms with Gasteiger partial charge in [0.15, 0.2) is 0 Å². The molecule has 4 rings (SSSR count). The third kappa shape index (κ3) is 3.84. The molecule has 6 nitrogen and oxygen atoms in total. The van der Waals surface area contributed by atoms with Crippen molar-refractivity contribution in [2.45, 2.75) is 19.4 Å². The lowest BCUT2D eigenvalue weighted by atomic mass is 9.96. The molecule has 0 atom stereocenters. The highest BCUT2D eigenvalue weighted by molar-refractivity contribution is 5.90. The summed E-state index contributed by atoms with van der Waals surface area (Å²) < 4.78 is 0. The maximum absolute atomic E-state index is 11.4. The number of amides is 1. The molecule has 0 radical (unpaired) electrons. The molecule has 27 heavy (non-hydrogen) atoms. The molecule has 1 amide bonds. The number of fused-ring (bicyclic) bond motifs is 1. The lowest BCUT2D eigenvalue weighted by Gasteiger charge is -2.31. The molecule has 2 aromatic carbocycles. The number of carbonyl (C=O) groups is 1. The maximum atomic E-state index is 11.4. The van der Waals surface area contributed by atoms with Crippen LogP contribution in [0.2, 0.25) is 0 Å². The van der Waals surface area contributed by atoms with Gasteiger partial charge < -0.3 is 16.0 Å². The van der Waals surface area contributed by atoms with E-state index in [-0.39, 0.29) is 11.8 Å². The number of nitrogens with zero attached hydrogens (tertiary/aromatic N) is 3. The molecule has 0 bridgehead atoms. The van der Waals surface area contributed by atoms with Crippen LogP contribution in [0.5, 0.6) is 0 Å². The van der Waals surface area contributed by atoms with Crippen LogP contribution < -0.4 is 16.0 Å². The third-order valence-corrected chi connectivity index (χ3v) is 5.07. The van der Waals surface area contributed by atoms with Crippen LogP contribution in [-0.2, 0) is 11.3 Å². The Bertz CT molecular complexity index is 936. The summed E-state index contributed by atoms with van der Waals surface area (Å²) in [5.74, 6) is 1.28. The van der Waals surface area contributed by atoms with Crippen LogP contribution in [0.25, 0.3) is 10.9 Å². The van der Waals surface area contributed by atoms with Crippen LogP contribution in [-0.4, -0.2) is 29.0 Å². The van der Waals surface area contributed by atoms with Crippen LogP contribution >= 0.6 is 0 Å². The first kappa shape index (κ1) is 17.3.